The summed E-state index contributed by atoms with van der Waals surface area (Å²) in [6.45, 7) is 4.87. The van der Waals surface area contributed by atoms with Crippen molar-refractivity contribution in [2.75, 3.05) is 5.32 Å². The minimum absolute atomic E-state index is 0.125. The van der Waals surface area contributed by atoms with Crippen LogP contribution in [0.1, 0.15) is 46.7 Å². The molecular formula is C24H24FN5O. The van der Waals surface area contributed by atoms with E-state index in [4.69, 9.17) is 0 Å². The molecule has 2 aromatic carbocycles. The van der Waals surface area contributed by atoms with Crippen molar-refractivity contribution in [2.24, 2.45) is 0 Å². The highest BCUT2D eigenvalue weighted by Gasteiger charge is 2.18. The number of benzene rings is 2. The Labute approximate surface area is 179 Å². The van der Waals surface area contributed by atoms with Crippen LogP contribution in [0.25, 0.3) is 22.3 Å². The average Bonchev–Trinajstić information content (AvgIpc) is 3.27. The summed E-state index contributed by atoms with van der Waals surface area (Å²) in [5, 5.41) is 12.4. The zero-order valence-corrected chi connectivity index (χ0v) is 17.6. The first-order chi connectivity index (χ1) is 15.0. The van der Waals surface area contributed by atoms with Crippen LogP contribution in [0.3, 0.4) is 0 Å². The minimum Gasteiger partial charge on any atom is -0.351 e. The van der Waals surface area contributed by atoms with E-state index >= 15 is 0 Å². The Balaban J connectivity index is 1.46. The second kappa shape index (κ2) is 7.65. The van der Waals surface area contributed by atoms with Crippen molar-refractivity contribution in [2.45, 2.75) is 46.1 Å². The summed E-state index contributed by atoms with van der Waals surface area (Å²) >= 11 is 0. The lowest BCUT2D eigenvalue weighted by Crippen LogP contribution is -2.13. The summed E-state index contributed by atoms with van der Waals surface area (Å²) < 4.78 is 16.7. The van der Waals surface area contributed by atoms with E-state index in [2.05, 4.69) is 31.1 Å². The molecule has 158 valence electrons. The quantitative estimate of drug-likeness (QED) is 0.483. The van der Waals surface area contributed by atoms with Gasteiger partial charge in [0.25, 0.3) is 5.91 Å². The van der Waals surface area contributed by atoms with Gasteiger partial charge in [-0.3, -0.25) is 4.79 Å². The predicted molar refractivity (Wildman–Crippen MR) is 119 cm³/mol. The Kier molecular flexibility index (Phi) is 4.81. The average molecular weight is 417 g/mol. The van der Waals surface area contributed by atoms with Gasteiger partial charge >= 0.3 is 0 Å². The molecule has 6 nitrogen and oxygen atoms in total. The fourth-order valence-electron chi connectivity index (χ4n) is 4.37. The molecule has 1 amide bonds. The van der Waals surface area contributed by atoms with Gasteiger partial charge in [-0.05, 0) is 68.1 Å². The van der Waals surface area contributed by atoms with Crippen LogP contribution in [0.2, 0.25) is 0 Å². The molecule has 1 aliphatic rings. The molecule has 1 aliphatic heterocycles. The van der Waals surface area contributed by atoms with E-state index in [1.54, 1.807) is 18.2 Å². The molecule has 0 bridgehead atoms. The van der Waals surface area contributed by atoms with E-state index in [1.807, 2.05) is 19.9 Å². The Bertz CT molecular complexity index is 1300. The standard InChI is InChI=1S/C24H24FN5O/c1-14-10-15(2)17-13-21(26-19(17)11-14)24(31)27-20-12-16(7-8-18(20)25)23-29-28-22-6-4-3-5-9-30(22)23/h7-8,10-13,26H,3-6,9H2,1-2H3,(H,27,31). The van der Waals surface area contributed by atoms with Crippen LogP contribution in [0.5, 0.6) is 0 Å². The molecule has 0 spiro atoms. The first-order valence-electron chi connectivity index (χ1n) is 10.6. The van der Waals surface area contributed by atoms with E-state index in [9.17, 15) is 9.18 Å². The zero-order valence-electron chi connectivity index (χ0n) is 17.6. The molecule has 0 fully saturated rings. The lowest BCUT2D eigenvalue weighted by Gasteiger charge is -2.10. The number of carbonyl (C=O) groups excluding carboxylic acids is 1. The summed E-state index contributed by atoms with van der Waals surface area (Å²) in [5.74, 6) is 0.801. The topological polar surface area (TPSA) is 75.6 Å². The second-order valence-corrected chi connectivity index (χ2v) is 8.28. The highest BCUT2D eigenvalue weighted by Crippen LogP contribution is 2.27. The van der Waals surface area contributed by atoms with Crippen molar-refractivity contribution >= 4 is 22.5 Å². The molecule has 2 aromatic heterocycles. The summed E-state index contributed by atoms with van der Waals surface area (Å²) in [5.41, 5.74) is 4.35. The number of carbonyl (C=O) groups is 1. The van der Waals surface area contributed by atoms with Gasteiger partial charge in [-0.25, -0.2) is 4.39 Å². The van der Waals surface area contributed by atoms with E-state index in [-0.39, 0.29) is 11.6 Å². The smallest absolute Gasteiger partial charge is 0.272 e. The van der Waals surface area contributed by atoms with Gasteiger partial charge in [0.15, 0.2) is 5.82 Å². The number of aryl methyl sites for hydroxylation is 3. The van der Waals surface area contributed by atoms with Crippen LogP contribution in [0.4, 0.5) is 10.1 Å². The molecule has 0 aliphatic carbocycles. The van der Waals surface area contributed by atoms with Gasteiger partial charge in [0.2, 0.25) is 0 Å². The highest BCUT2D eigenvalue weighted by molar-refractivity contribution is 6.06. The van der Waals surface area contributed by atoms with Crippen LogP contribution >= 0.6 is 0 Å². The molecule has 0 saturated heterocycles. The highest BCUT2D eigenvalue weighted by atomic mass is 19.1. The Morgan fingerprint density at radius 3 is 2.84 bits per heavy atom. The van der Waals surface area contributed by atoms with Crippen LogP contribution in [0, 0.1) is 19.7 Å². The Morgan fingerprint density at radius 1 is 1.10 bits per heavy atom. The zero-order chi connectivity index (χ0) is 21.5. The van der Waals surface area contributed by atoms with Gasteiger partial charge in [0, 0.05) is 29.4 Å². The second-order valence-electron chi connectivity index (χ2n) is 8.28. The van der Waals surface area contributed by atoms with Gasteiger partial charge in [-0.1, -0.05) is 12.5 Å². The summed E-state index contributed by atoms with van der Waals surface area (Å²) in [7, 11) is 0. The number of aromatic amines is 1. The van der Waals surface area contributed by atoms with Crippen molar-refractivity contribution < 1.29 is 9.18 Å². The Morgan fingerprint density at radius 2 is 1.97 bits per heavy atom. The summed E-state index contributed by atoms with van der Waals surface area (Å²) in [6, 6.07) is 10.6. The first-order valence-corrected chi connectivity index (χ1v) is 10.6. The van der Waals surface area contributed by atoms with Gasteiger partial charge in [-0.15, -0.1) is 10.2 Å². The predicted octanol–water partition coefficient (Wildman–Crippen LogP) is 5.16. The summed E-state index contributed by atoms with van der Waals surface area (Å²) in [6.07, 6.45) is 4.24. The number of fused-ring (bicyclic) bond motifs is 2. The summed E-state index contributed by atoms with van der Waals surface area (Å²) in [4.78, 5) is 16.0. The normalized spacial score (nSPS) is 13.8. The fraction of sp³-hybridized carbons (Fsp3) is 0.292. The number of hydrogen-bond acceptors (Lipinski definition) is 3. The van der Waals surface area contributed by atoms with E-state index in [0.29, 0.717) is 11.5 Å². The number of H-pyrrole nitrogens is 1. The van der Waals surface area contributed by atoms with Crippen molar-refractivity contribution in [1.82, 2.24) is 19.7 Å². The Hall–Kier alpha value is -3.48. The van der Waals surface area contributed by atoms with E-state index < -0.39 is 5.82 Å². The lowest BCUT2D eigenvalue weighted by atomic mass is 10.1. The number of nitrogens with zero attached hydrogens (tertiary/aromatic N) is 3. The molecule has 3 heterocycles. The molecule has 4 aromatic rings. The van der Waals surface area contributed by atoms with Gasteiger partial charge in [-0.2, -0.15) is 0 Å². The SMILES string of the molecule is Cc1cc(C)c2cc(C(=O)Nc3cc(-c4nnc5n4CCCCC5)ccc3F)[nH]c2c1. The van der Waals surface area contributed by atoms with Gasteiger partial charge in [0.1, 0.15) is 17.3 Å². The minimum atomic E-state index is -0.490. The number of rotatable bonds is 3. The van der Waals surface area contributed by atoms with Crippen LogP contribution < -0.4 is 5.32 Å². The van der Waals surface area contributed by atoms with E-state index in [1.165, 1.54) is 6.07 Å². The number of anilines is 1. The van der Waals surface area contributed by atoms with Crippen LogP contribution in [-0.2, 0) is 13.0 Å². The third kappa shape index (κ3) is 3.60. The van der Waals surface area contributed by atoms with Crippen LogP contribution in [-0.4, -0.2) is 25.7 Å². The third-order valence-corrected chi connectivity index (χ3v) is 5.92. The number of halogens is 1. The van der Waals surface area contributed by atoms with Gasteiger partial charge < -0.3 is 14.9 Å². The molecule has 5 rings (SSSR count). The van der Waals surface area contributed by atoms with E-state index in [0.717, 1.165) is 65.6 Å². The molecule has 0 atom stereocenters. The van der Waals surface area contributed by atoms with Crippen molar-refractivity contribution in [3.8, 4) is 11.4 Å². The lowest BCUT2D eigenvalue weighted by molar-refractivity contribution is 0.102. The van der Waals surface area contributed by atoms with Crippen molar-refractivity contribution in [1.29, 1.82) is 0 Å². The third-order valence-electron chi connectivity index (χ3n) is 5.92. The molecule has 0 saturated carbocycles. The monoisotopic (exact) mass is 417 g/mol. The molecule has 2 N–H and O–H groups in total. The van der Waals surface area contributed by atoms with Crippen molar-refractivity contribution in [3.63, 3.8) is 0 Å². The fourth-order valence-corrected chi connectivity index (χ4v) is 4.37. The maximum Gasteiger partial charge on any atom is 0.272 e. The molecule has 31 heavy (non-hydrogen) atoms. The van der Waals surface area contributed by atoms with Crippen LogP contribution in [0.15, 0.2) is 36.4 Å². The van der Waals surface area contributed by atoms with Gasteiger partial charge in [0.05, 0.1) is 5.69 Å². The molecule has 0 radical (unpaired) electrons. The number of aromatic nitrogens is 4. The number of amides is 1. The van der Waals surface area contributed by atoms with Crippen molar-refractivity contribution in [3.05, 3.63) is 64.9 Å². The number of hydrogen-bond donors (Lipinski definition) is 2. The number of nitrogens with one attached hydrogen (secondary N) is 2. The largest absolute Gasteiger partial charge is 0.351 e. The maximum atomic E-state index is 14.5. The maximum absolute atomic E-state index is 14.5. The molecular weight excluding hydrogens is 393 g/mol. The molecule has 7 heteroatoms. The first kappa shape index (κ1) is 19.5. The molecule has 0 unspecified atom stereocenters.